The molecule has 0 fully saturated rings. The maximum Gasteiger partial charge on any atom is 0.208 e. The largest absolute Gasteiger partial charge is 0.491 e. The van der Waals surface area contributed by atoms with Crippen molar-refractivity contribution in [3.05, 3.63) is 83.2 Å². The van der Waals surface area contributed by atoms with Gasteiger partial charge in [0.1, 0.15) is 12.4 Å². The van der Waals surface area contributed by atoms with E-state index >= 15 is 0 Å². The quantitative estimate of drug-likeness (QED) is 0.299. The molecule has 0 unspecified atom stereocenters. The molecule has 0 aliphatic heterocycles. The Morgan fingerprint density at radius 1 is 0.844 bits per heavy atom. The molecule has 0 saturated carbocycles. The van der Waals surface area contributed by atoms with Crippen LogP contribution in [0.1, 0.15) is 25.0 Å². The Hall–Kier alpha value is -3.67. The third kappa shape index (κ3) is 4.08. The van der Waals surface area contributed by atoms with Gasteiger partial charge in [0.25, 0.3) is 0 Å². The average Bonchev–Trinajstić information content (AvgIpc) is 3.17. The minimum atomic E-state index is -0.716. The fraction of sp³-hybridized carbons (Fsp3) is 0.154. The minimum absolute atomic E-state index is 0.0266. The van der Waals surface area contributed by atoms with Crippen molar-refractivity contribution in [2.45, 2.75) is 13.8 Å². The van der Waals surface area contributed by atoms with Gasteiger partial charge in [0.15, 0.2) is 22.7 Å². The van der Waals surface area contributed by atoms with Crippen LogP contribution in [0, 0.1) is 17.5 Å². The van der Waals surface area contributed by atoms with Gasteiger partial charge in [-0.3, -0.25) is 0 Å². The molecule has 0 radical (unpaired) electrons. The highest BCUT2D eigenvalue weighted by atomic mass is 19.1. The van der Waals surface area contributed by atoms with E-state index in [2.05, 4.69) is 0 Å². The van der Waals surface area contributed by atoms with Crippen molar-refractivity contribution in [1.82, 2.24) is 0 Å². The molecule has 4 rings (SSSR count). The van der Waals surface area contributed by atoms with E-state index in [1.165, 1.54) is 18.2 Å². The Morgan fingerprint density at radius 2 is 1.50 bits per heavy atom. The summed E-state index contributed by atoms with van der Waals surface area (Å²) in [4.78, 5) is 0. The summed E-state index contributed by atoms with van der Waals surface area (Å²) < 4.78 is 59.8. The molecule has 0 aliphatic rings. The molecule has 164 valence electrons. The van der Waals surface area contributed by atoms with E-state index in [9.17, 15) is 13.2 Å². The predicted octanol–water partition coefficient (Wildman–Crippen LogP) is 7.53. The summed E-state index contributed by atoms with van der Waals surface area (Å²) in [7, 11) is 0. The summed E-state index contributed by atoms with van der Waals surface area (Å²) >= 11 is 0. The Labute approximate surface area is 183 Å². The highest BCUT2D eigenvalue weighted by Gasteiger charge is 2.19. The van der Waals surface area contributed by atoms with E-state index in [1.807, 2.05) is 6.92 Å². The molecule has 0 aliphatic carbocycles. The van der Waals surface area contributed by atoms with Crippen molar-refractivity contribution in [2.24, 2.45) is 0 Å². The third-order valence-corrected chi connectivity index (χ3v) is 4.93. The number of ether oxygens (including phenoxy) is 2. The molecule has 3 nitrogen and oxygen atoms in total. The van der Waals surface area contributed by atoms with Gasteiger partial charge < -0.3 is 13.9 Å². The molecule has 0 amide bonds. The maximum atomic E-state index is 15.0. The van der Waals surface area contributed by atoms with Gasteiger partial charge in [-0.25, -0.2) is 4.39 Å². The van der Waals surface area contributed by atoms with E-state index in [0.717, 1.165) is 0 Å². The minimum Gasteiger partial charge on any atom is -0.491 e. The maximum absolute atomic E-state index is 15.0. The lowest BCUT2D eigenvalue weighted by atomic mass is 10.1. The molecule has 1 heterocycles. The fourth-order valence-electron chi connectivity index (χ4n) is 3.46. The van der Waals surface area contributed by atoms with Crippen molar-refractivity contribution < 1.29 is 27.1 Å². The van der Waals surface area contributed by atoms with Crippen LogP contribution in [0.25, 0.3) is 34.1 Å². The molecular formula is C26H21F3O3. The van der Waals surface area contributed by atoms with Crippen LogP contribution in [0.3, 0.4) is 0 Å². The van der Waals surface area contributed by atoms with Crippen molar-refractivity contribution in [3.8, 4) is 11.5 Å². The topological polar surface area (TPSA) is 31.6 Å². The summed E-state index contributed by atoms with van der Waals surface area (Å²) in [6.07, 6.45) is 6.79. The second-order valence-electron chi connectivity index (χ2n) is 7.04. The highest BCUT2D eigenvalue weighted by molar-refractivity contribution is 6.06. The van der Waals surface area contributed by atoms with Gasteiger partial charge >= 0.3 is 0 Å². The molecule has 0 saturated heterocycles. The van der Waals surface area contributed by atoms with E-state index in [-0.39, 0.29) is 35.1 Å². The summed E-state index contributed by atoms with van der Waals surface area (Å²) in [5, 5.41) is 0.897. The third-order valence-electron chi connectivity index (χ3n) is 4.93. The average molecular weight is 438 g/mol. The van der Waals surface area contributed by atoms with Crippen LogP contribution in [0.15, 0.2) is 59.0 Å². The molecule has 1 aromatic heterocycles. The van der Waals surface area contributed by atoms with Crippen molar-refractivity contribution in [3.63, 3.8) is 0 Å². The van der Waals surface area contributed by atoms with Gasteiger partial charge in [-0.15, -0.1) is 0 Å². The molecule has 3 aromatic carbocycles. The number of hydrogen-bond acceptors (Lipinski definition) is 3. The van der Waals surface area contributed by atoms with Gasteiger partial charge in [-0.2, -0.15) is 8.78 Å². The molecule has 0 N–H and O–H groups in total. The van der Waals surface area contributed by atoms with Crippen LogP contribution in [0.2, 0.25) is 0 Å². The van der Waals surface area contributed by atoms with Crippen LogP contribution in [0.5, 0.6) is 11.5 Å². The zero-order valence-electron chi connectivity index (χ0n) is 17.6. The number of allylic oxidation sites excluding steroid dienone is 1. The number of rotatable bonds is 7. The lowest BCUT2D eigenvalue weighted by molar-refractivity contribution is 0.321. The van der Waals surface area contributed by atoms with Crippen LogP contribution in [-0.4, -0.2) is 13.2 Å². The number of fused-ring (bicyclic) bond motifs is 3. The highest BCUT2D eigenvalue weighted by Crippen LogP contribution is 2.37. The van der Waals surface area contributed by atoms with Gasteiger partial charge in [-0.1, -0.05) is 30.4 Å². The molecule has 4 aromatic rings. The van der Waals surface area contributed by atoms with Gasteiger partial charge in [0.2, 0.25) is 11.6 Å². The molecule has 0 bridgehead atoms. The summed E-state index contributed by atoms with van der Waals surface area (Å²) in [6, 6.07) is 11.1. The first-order valence-electron chi connectivity index (χ1n) is 10.2. The second kappa shape index (κ2) is 9.22. The number of furan rings is 1. The number of benzene rings is 3. The monoisotopic (exact) mass is 438 g/mol. The molecule has 32 heavy (non-hydrogen) atoms. The predicted molar refractivity (Wildman–Crippen MR) is 120 cm³/mol. The Balaban J connectivity index is 1.54. The Bertz CT molecular complexity index is 1340. The smallest absolute Gasteiger partial charge is 0.208 e. The summed E-state index contributed by atoms with van der Waals surface area (Å²) in [6.45, 7) is 3.93. The van der Waals surface area contributed by atoms with E-state index in [0.29, 0.717) is 28.5 Å². The van der Waals surface area contributed by atoms with Gasteiger partial charge in [-0.05, 0) is 55.8 Å². The zero-order chi connectivity index (χ0) is 22.7. The van der Waals surface area contributed by atoms with E-state index in [1.54, 1.807) is 55.5 Å². The molecule has 6 heteroatoms. The zero-order valence-corrected chi connectivity index (χ0v) is 17.6. The van der Waals surface area contributed by atoms with Gasteiger partial charge in [0, 0.05) is 16.3 Å². The Kier molecular flexibility index (Phi) is 6.21. The van der Waals surface area contributed by atoms with Gasteiger partial charge in [0.05, 0.1) is 6.61 Å². The van der Waals surface area contributed by atoms with E-state index in [4.69, 9.17) is 13.9 Å². The normalized spacial score (nSPS) is 11.9. The number of hydrogen-bond donors (Lipinski definition) is 0. The van der Waals surface area contributed by atoms with Crippen LogP contribution < -0.4 is 9.47 Å². The fourth-order valence-corrected chi connectivity index (χ4v) is 3.46. The van der Waals surface area contributed by atoms with Crippen LogP contribution in [-0.2, 0) is 0 Å². The van der Waals surface area contributed by atoms with Crippen LogP contribution in [0.4, 0.5) is 13.2 Å². The van der Waals surface area contributed by atoms with Crippen molar-refractivity contribution in [1.29, 1.82) is 0 Å². The molecule has 0 spiro atoms. The standard InChI is InChI=1S/C26H21F3O3/c1-3-6-17-9-8-16(15-20(17)27)7-5-14-31-22-13-11-19-18-10-12-21(30-4-2)23(28)25(18)32-26(19)24(22)29/h3,5-13,15H,4,14H2,1-2H3/b6-3+,7-5+. The lowest BCUT2D eigenvalue weighted by Gasteiger charge is -2.05. The van der Waals surface area contributed by atoms with Crippen LogP contribution >= 0.6 is 0 Å². The first-order chi connectivity index (χ1) is 15.5. The lowest BCUT2D eigenvalue weighted by Crippen LogP contribution is -1.96. The van der Waals surface area contributed by atoms with E-state index < -0.39 is 11.6 Å². The SMILES string of the molecule is C/C=C/c1ccc(/C=C/COc2ccc3c(oc4c(F)c(OCC)ccc43)c2F)cc1F. The summed E-state index contributed by atoms with van der Waals surface area (Å²) in [5.74, 6) is -1.69. The summed E-state index contributed by atoms with van der Waals surface area (Å²) in [5.41, 5.74) is 1.01. The molecular weight excluding hydrogens is 417 g/mol. The first kappa shape index (κ1) is 21.6. The first-order valence-corrected chi connectivity index (χ1v) is 10.2. The number of halogens is 3. The second-order valence-corrected chi connectivity index (χ2v) is 7.04. The van der Waals surface area contributed by atoms with Crippen molar-refractivity contribution in [2.75, 3.05) is 13.2 Å². The Morgan fingerprint density at radius 3 is 2.09 bits per heavy atom. The molecule has 0 atom stereocenters. The van der Waals surface area contributed by atoms with Crippen molar-refractivity contribution >= 4 is 34.1 Å².